The van der Waals surface area contributed by atoms with Gasteiger partial charge in [0.1, 0.15) is 0 Å². The molecule has 1 aliphatic rings. The molecular formula is C22H23N3O5. The summed E-state index contributed by atoms with van der Waals surface area (Å²) in [6.07, 6.45) is 1.17. The van der Waals surface area contributed by atoms with Crippen LogP contribution in [0.25, 0.3) is 0 Å². The lowest BCUT2D eigenvalue weighted by atomic mass is 10.1. The van der Waals surface area contributed by atoms with Crippen molar-refractivity contribution in [3.63, 3.8) is 0 Å². The first kappa shape index (κ1) is 20.9. The number of hydrogen-bond acceptors (Lipinski definition) is 7. The maximum Gasteiger partial charge on any atom is 0.350 e. The van der Waals surface area contributed by atoms with Crippen molar-refractivity contribution in [3.05, 3.63) is 70.9 Å². The van der Waals surface area contributed by atoms with Gasteiger partial charge in [-0.1, -0.05) is 30.3 Å². The zero-order chi connectivity index (χ0) is 21.9. The second-order valence-electron chi connectivity index (χ2n) is 7.27. The van der Waals surface area contributed by atoms with Gasteiger partial charge >= 0.3 is 11.9 Å². The van der Waals surface area contributed by atoms with Gasteiger partial charge in [-0.3, -0.25) is 15.6 Å². The summed E-state index contributed by atoms with van der Waals surface area (Å²) >= 11 is 0. The lowest BCUT2D eigenvalue weighted by Crippen LogP contribution is -2.42. The first-order valence-corrected chi connectivity index (χ1v) is 9.33. The summed E-state index contributed by atoms with van der Waals surface area (Å²) in [7, 11) is 0. The molecule has 0 radical (unpaired) electrons. The van der Waals surface area contributed by atoms with E-state index >= 15 is 0 Å². The third-order valence-electron chi connectivity index (χ3n) is 4.44. The summed E-state index contributed by atoms with van der Waals surface area (Å²) in [6.45, 7) is 6.81. The number of anilines is 2. The number of cyclic esters (lactones) is 2. The topological polar surface area (TPSA) is 106 Å². The lowest BCUT2D eigenvalue weighted by molar-refractivity contribution is -0.222. The van der Waals surface area contributed by atoms with E-state index in [2.05, 4.69) is 16.2 Å². The molecule has 8 heteroatoms. The number of ether oxygens (including phenoxy) is 2. The highest BCUT2D eigenvalue weighted by atomic mass is 16.7. The molecule has 0 saturated carbocycles. The van der Waals surface area contributed by atoms with Crippen LogP contribution in [0, 0.1) is 13.8 Å². The second kappa shape index (κ2) is 8.28. The molecule has 8 nitrogen and oxygen atoms in total. The SMILES string of the molecule is Cc1cccc(C)c1NNC(=O)c1ccccc1NC=C1C(=O)OC(C)(C)OC1=O. The van der Waals surface area contributed by atoms with Gasteiger partial charge in [0.15, 0.2) is 5.57 Å². The quantitative estimate of drug-likeness (QED) is 0.301. The van der Waals surface area contributed by atoms with Crippen LogP contribution in [0.15, 0.2) is 54.2 Å². The molecule has 0 unspecified atom stereocenters. The first-order valence-electron chi connectivity index (χ1n) is 9.33. The largest absolute Gasteiger partial charge is 0.419 e. The molecule has 2 aromatic rings. The number of aryl methyl sites for hydroxylation is 2. The smallest absolute Gasteiger partial charge is 0.350 e. The Morgan fingerprint density at radius 3 is 2.17 bits per heavy atom. The van der Waals surface area contributed by atoms with Crippen molar-refractivity contribution < 1.29 is 23.9 Å². The van der Waals surface area contributed by atoms with E-state index in [1.54, 1.807) is 24.3 Å². The van der Waals surface area contributed by atoms with E-state index in [0.717, 1.165) is 16.8 Å². The highest BCUT2D eigenvalue weighted by Gasteiger charge is 2.39. The Morgan fingerprint density at radius 2 is 1.53 bits per heavy atom. The molecule has 0 aromatic heterocycles. The highest BCUT2D eigenvalue weighted by molar-refractivity contribution is 6.15. The Balaban J connectivity index is 1.75. The van der Waals surface area contributed by atoms with E-state index < -0.39 is 23.6 Å². The Bertz CT molecular complexity index is 1000. The Hall–Kier alpha value is -3.81. The maximum absolute atomic E-state index is 12.7. The molecular weight excluding hydrogens is 386 g/mol. The molecule has 1 heterocycles. The molecule has 156 valence electrons. The number of carbonyl (C=O) groups is 3. The van der Waals surface area contributed by atoms with Gasteiger partial charge in [0.05, 0.1) is 16.9 Å². The van der Waals surface area contributed by atoms with Crippen LogP contribution in [-0.4, -0.2) is 23.6 Å². The van der Waals surface area contributed by atoms with Crippen molar-refractivity contribution in [1.82, 2.24) is 5.43 Å². The van der Waals surface area contributed by atoms with Gasteiger partial charge in [0, 0.05) is 20.0 Å². The Morgan fingerprint density at radius 1 is 0.933 bits per heavy atom. The van der Waals surface area contributed by atoms with Gasteiger partial charge in [-0.05, 0) is 37.1 Å². The Labute approximate surface area is 174 Å². The van der Waals surface area contributed by atoms with Crippen LogP contribution >= 0.6 is 0 Å². The minimum Gasteiger partial charge on any atom is -0.419 e. The van der Waals surface area contributed by atoms with Crippen LogP contribution in [0.4, 0.5) is 11.4 Å². The summed E-state index contributed by atoms with van der Waals surface area (Å²) in [5, 5.41) is 2.82. The second-order valence-corrected chi connectivity index (χ2v) is 7.27. The molecule has 0 aliphatic carbocycles. The zero-order valence-electron chi connectivity index (χ0n) is 17.2. The summed E-state index contributed by atoms with van der Waals surface area (Å²) in [6, 6.07) is 12.5. The number of benzene rings is 2. The maximum atomic E-state index is 12.7. The average molecular weight is 409 g/mol. The van der Waals surface area contributed by atoms with Gasteiger partial charge in [0.2, 0.25) is 0 Å². The number of rotatable bonds is 5. The minimum atomic E-state index is -1.32. The fraction of sp³-hybridized carbons (Fsp3) is 0.227. The summed E-state index contributed by atoms with van der Waals surface area (Å²) < 4.78 is 10.1. The summed E-state index contributed by atoms with van der Waals surface area (Å²) in [5.74, 6) is -3.32. The molecule has 3 rings (SSSR count). The number of carbonyl (C=O) groups excluding carboxylic acids is 3. The van der Waals surface area contributed by atoms with Crippen molar-refractivity contribution in [2.45, 2.75) is 33.5 Å². The van der Waals surface area contributed by atoms with Crippen LogP contribution in [0.3, 0.4) is 0 Å². The molecule has 2 aromatic carbocycles. The van der Waals surface area contributed by atoms with Crippen molar-refractivity contribution in [2.75, 3.05) is 10.7 Å². The van der Waals surface area contributed by atoms with Gasteiger partial charge < -0.3 is 14.8 Å². The van der Waals surface area contributed by atoms with Gasteiger partial charge in [0.25, 0.3) is 11.7 Å². The van der Waals surface area contributed by atoms with E-state index in [9.17, 15) is 14.4 Å². The fourth-order valence-electron chi connectivity index (χ4n) is 2.93. The van der Waals surface area contributed by atoms with E-state index in [1.165, 1.54) is 20.0 Å². The van der Waals surface area contributed by atoms with Crippen molar-refractivity contribution >= 4 is 29.2 Å². The number of esters is 2. The summed E-state index contributed by atoms with van der Waals surface area (Å²) in [4.78, 5) is 36.8. The number of hydrazine groups is 1. The van der Waals surface area contributed by atoms with E-state index in [0.29, 0.717) is 11.3 Å². The summed E-state index contributed by atoms with van der Waals surface area (Å²) in [5.41, 5.74) is 8.82. The van der Waals surface area contributed by atoms with Crippen molar-refractivity contribution in [3.8, 4) is 0 Å². The molecule has 1 fully saturated rings. The van der Waals surface area contributed by atoms with Crippen molar-refractivity contribution in [1.29, 1.82) is 0 Å². The third-order valence-corrected chi connectivity index (χ3v) is 4.44. The van der Waals surface area contributed by atoms with E-state index in [4.69, 9.17) is 9.47 Å². The van der Waals surface area contributed by atoms with Gasteiger partial charge in [-0.2, -0.15) is 0 Å². The van der Waals surface area contributed by atoms with Crippen LogP contribution in [0.2, 0.25) is 0 Å². The number of amides is 1. The predicted octanol–water partition coefficient (Wildman–Crippen LogP) is 3.19. The molecule has 0 spiro atoms. The molecule has 30 heavy (non-hydrogen) atoms. The van der Waals surface area contributed by atoms with Gasteiger partial charge in [-0.15, -0.1) is 0 Å². The van der Waals surface area contributed by atoms with Crippen molar-refractivity contribution in [2.24, 2.45) is 0 Å². The predicted molar refractivity (Wildman–Crippen MR) is 111 cm³/mol. The molecule has 1 amide bonds. The average Bonchev–Trinajstić information content (AvgIpc) is 2.66. The van der Waals surface area contributed by atoms with E-state index in [1.807, 2.05) is 32.0 Å². The first-order chi connectivity index (χ1) is 14.2. The number of nitrogens with one attached hydrogen (secondary N) is 3. The molecule has 0 bridgehead atoms. The molecule has 0 atom stereocenters. The number of para-hydroxylation sites is 2. The third kappa shape index (κ3) is 4.60. The normalized spacial score (nSPS) is 15.0. The van der Waals surface area contributed by atoms with Crippen LogP contribution in [0.5, 0.6) is 0 Å². The lowest BCUT2D eigenvalue weighted by Gasteiger charge is -2.29. The monoisotopic (exact) mass is 409 g/mol. The molecule has 3 N–H and O–H groups in total. The van der Waals surface area contributed by atoms with E-state index in [-0.39, 0.29) is 5.57 Å². The van der Waals surface area contributed by atoms with Crippen LogP contribution in [0.1, 0.15) is 35.3 Å². The van der Waals surface area contributed by atoms with Crippen LogP contribution in [-0.2, 0) is 19.1 Å². The Kier molecular flexibility index (Phi) is 5.77. The van der Waals surface area contributed by atoms with Crippen LogP contribution < -0.4 is 16.2 Å². The fourth-order valence-corrected chi connectivity index (χ4v) is 2.93. The highest BCUT2D eigenvalue weighted by Crippen LogP contribution is 2.23. The minimum absolute atomic E-state index is 0.293. The van der Waals surface area contributed by atoms with Gasteiger partial charge in [-0.25, -0.2) is 9.59 Å². The molecule has 1 saturated heterocycles. The standard InChI is InChI=1S/C22H23N3O5/c1-13-8-7-9-14(2)18(13)24-25-19(26)15-10-5-6-11-17(15)23-12-16-20(27)29-22(3,4)30-21(16)28/h5-12,23-24H,1-4H3,(H,25,26). The molecule has 1 aliphatic heterocycles. The number of hydrogen-bond donors (Lipinski definition) is 3. The zero-order valence-corrected chi connectivity index (χ0v) is 17.2.